The molecule has 1 saturated heterocycles. The van der Waals surface area contributed by atoms with Crippen molar-refractivity contribution in [1.29, 1.82) is 0 Å². The second-order valence-corrected chi connectivity index (χ2v) is 5.75. The topological polar surface area (TPSA) is 23.5 Å². The zero-order chi connectivity index (χ0) is 14.0. The molecule has 104 valence electrons. The van der Waals surface area contributed by atoms with Crippen molar-refractivity contribution in [2.75, 3.05) is 20.1 Å². The first-order chi connectivity index (χ1) is 9.71. The summed E-state index contributed by atoms with van der Waals surface area (Å²) in [7, 11) is 2.12. The summed E-state index contributed by atoms with van der Waals surface area (Å²) in [5, 5.41) is 11.5. The van der Waals surface area contributed by atoms with E-state index in [0.717, 1.165) is 30.6 Å². The molecule has 2 aromatic carbocycles. The highest BCUT2D eigenvalue weighted by Gasteiger charge is 2.42. The van der Waals surface area contributed by atoms with E-state index in [2.05, 4.69) is 11.9 Å². The Balaban J connectivity index is 2.08. The van der Waals surface area contributed by atoms with Gasteiger partial charge in [0.15, 0.2) is 0 Å². The lowest BCUT2D eigenvalue weighted by atomic mass is 9.75. The third-order valence-corrected chi connectivity index (χ3v) is 4.41. The van der Waals surface area contributed by atoms with Crippen LogP contribution in [0.4, 0.5) is 0 Å². The molecular formula is C18H21NO. The molecular weight excluding hydrogens is 246 g/mol. The Morgan fingerprint density at radius 3 is 1.85 bits per heavy atom. The molecule has 1 aliphatic rings. The summed E-state index contributed by atoms with van der Waals surface area (Å²) in [5.41, 5.74) is 1.09. The molecule has 1 N–H and O–H groups in total. The van der Waals surface area contributed by atoms with Gasteiger partial charge in [0.05, 0.1) is 0 Å². The van der Waals surface area contributed by atoms with Crippen molar-refractivity contribution in [3.63, 3.8) is 0 Å². The van der Waals surface area contributed by atoms with Crippen LogP contribution in [0, 0.1) is 5.92 Å². The SMILES string of the molecule is CN1CCC(C(O)(c2ccccc2)c2ccccc2)C1. The van der Waals surface area contributed by atoms with Crippen LogP contribution in [0.1, 0.15) is 17.5 Å². The van der Waals surface area contributed by atoms with Gasteiger partial charge in [-0.05, 0) is 31.1 Å². The number of hydrogen-bond acceptors (Lipinski definition) is 2. The van der Waals surface area contributed by atoms with Crippen molar-refractivity contribution in [2.24, 2.45) is 5.92 Å². The van der Waals surface area contributed by atoms with Crippen molar-refractivity contribution in [3.8, 4) is 0 Å². The number of nitrogens with zero attached hydrogens (tertiary/aromatic N) is 1. The second-order valence-electron chi connectivity index (χ2n) is 5.75. The summed E-state index contributed by atoms with van der Waals surface area (Å²) < 4.78 is 0. The van der Waals surface area contributed by atoms with Gasteiger partial charge in [-0.25, -0.2) is 0 Å². The van der Waals surface area contributed by atoms with Crippen LogP contribution in [0.5, 0.6) is 0 Å². The predicted molar refractivity (Wildman–Crippen MR) is 81.5 cm³/mol. The minimum absolute atomic E-state index is 0.234. The third kappa shape index (κ3) is 2.26. The zero-order valence-electron chi connectivity index (χ0n) is 11.9. The lowest BCUT2D eigenvalue weighted by molar-refractivity contribution is 0.0209. The van der Waals surface area contributed by atoms with Crippen LogP contribution in [0.2, 0.25) is 0 Å². The minimum atomic E-state index is -0.896. The van der Waals surface area contributed by atoms with Gasteiger partial charge in [0.25, 0.3) is 0 Å². The van der Waals surface area contributed by atoms with E-state index >= 15 is 0 Å². The van der Waals surface area contributed by atoms with Crippen molar-refractivity contribution in [3.05, 3.63) is 71.8 Å². The van der Waals surface area contributed by atoms with Gasteiger partial charge in [-0.3, -0.25) is 0 Å². The van der Waals surface area contributed by atoms with Gasteiger partial charge in [-0.2, -0.15) is 0 Å². The average molecular weight is 267 g/mol. The summed E-state index contributed by atoms with van der Waals surface area (Å²) >= 11 is 0. The molecule has 1 atom stereocenters. The van der Waals surface area contributed by atoms with Gasteiger partial charge in [0.2, 0.25) is 0 Å². The Labute approximate surface area is 120 Å². The molecule has 0 saturated carbocycles. The van der Waals surface area contributed by atoms with Crippen molar-refractivity contribution in [2.45, 2.75) is 12.0 Å². The third-order valence-electron chi connectivity index (χ3n) is 4.41. The Hall–Kier alpha value is -1.64. The molecule has 0 bridgehead atoms. The molecule has 0 aromatic heterocycles. The van der Waals surface area contributed by atoms with Crippen LogP contribution >= 0.6 is 0 Å². The van der Waals surface area contributed by atoms with Crippen LogP contribution in [0.3, 0.4) is 0 Å². The van der Waals surface area contributed by atoms with Crippen LogP contribution in [0.25, 0.3) is 0 Å². The number of benzene rings is 2. The fourth-order valence-corrected chi connectivity index (χ4v) is 3.30. The molecule has 1 unspecified atom stereocenters. The maximum absolute atomic E-state index is 11.5. The molecule has 20 heavy (non-hydrogen) atoms. The molecule has 2 nitrogen and oxygen atoms in total. The lowest BCUT2D eigenvalue weighted by Gasteiger charge is -2.35. The summed E-state index contributed by atoms with van der Waals surface area (Å²) in [6.07, 6.45) is 1.02. The van der Waals surface area contributed by atoms with Crippen molar-refractivity contribution in [1.82, 2.24) is 4.90 Å². The first kappa shape index (κ1) is 13.3. The molecule has 1 heterocycles. The molecule has 0 radical (unpaired) electrons. The van der Waals surface area contributed by atoms with Gasteiger partial charge in [-0.15, -0.1) is 0 Å². The standard InChI is InChI=1S/C18H21NO/c1-19-13-12-17(14-19)18(20,15-8-4-2-5-9-15)16-10-6-3-7-11-16/h2-11,17,20H,12-14H2,1H3. The zero-order valence-corrected chi connectivity index (χ0v) is 11.9. The number of rotatable bonds is 3. The lowest BCUT2D eigenvalue weighted by Crippen LogP contribution is -2.37. The Bertz CT molecular complexity index is 513. The first-order valence-corrected chi connectivity index (χ1v) is 7.23. The van der Waals surface area contributed by atoms with E-state index in [0.29, 0.717) is 0 Å². The van der Waals surface area contributed by atoms with Crippen LogP contribution < -0.4 is 0 Å². The van der Waals surface area contributed by atoms with Gasteiger partial charge in [0, 0.05) is 12.5 Å². The van der Waals surface area contributed by atoms with E-state index in [-0.39, 0.29) is 5.92 Å². The van der Waals surface area contributed by atoms with E-state index < -0.39 is 5.60 Å². The van der Waals surface area contributed by atoms with E-state index in [4.69, 9.17) is 0 Å². The smallest absolute Gasteiger partial charge is 0.119 e. The van der Waals surface area contributed by atoms with Crippen LogP contribution in [0.15, 0.2) is 60.7 Å². The normalized spacial score (nSPS) is 20.2. The van der Waals surface area contributed by atoms with Gasteiger partial charge < -0.3 is 10.0 Å². The van der Waals surface area contributed by atoms with Crippen LogP contribution in [-0.2, 0) is 5.60 Å². The monoisotopic (exact) mass is 267 g/mol. The Kier molecular flexibility index (Phi) is 3.60. The quantitative estimate of drug-likeness (QED) is 0.924. The number of aliphatic hydroxyl groups is 1. The van der Waals surface area contributed by atoms with Crippen molar-refractivity contribution >= 4 is 0 Å². The molecule has 2 aromatic rings. The molecule has 1 aliphatic heterocycles. The molecule has 0 amide bonds. The molecule has 2 heteroatoms. The highest BCUT2D eigenvalue weighted by Crippen LogP contribution is 2.40. The maximum atomic E-state index is 11.5. The van der Waals surface area contributed by atoms with Gasteiger partial charge >= 0.3 is 0 Å². The summed E-state index contributed by atoms with van der Waals surface area (Å²) in [4.78, 5) is 2.29. The first-order valence-electron chi connectivity index (χ1n) is 7.23. The highest BCUT2D eigenvalue weighted by atomic mass is 16.3. The van der Waals surface area contributed by atoms with E-state index in [1.165, 1.54) is 0 Å². The van der Waals surface area contributed by atoms with Gasteiger partial charge in [0.1, 0.15) is 5.60 Å². The second kappa shape index (κ2) is 5.39. The summed E-state index contributed by atoms with van der Waals surface area (Å²) in [6, 6.07) is 20.1. The van der Waals surface area contributed by atoms with E-state index in [1.807, 2.05) is 60.7 Å². The fourth-order valence-electron chi connectivity index (χ4n) is 3.30. The average Bonchev–Trinajstić information content (AvgIpc) is 2.95. The Morgan fingerprint density at radius 2 is 1.45 bits per heavy atom. The maximum Gasteiger partial charge on any atom is 0.119 e. The van der Waals surface area contributed by atoms with Crippen molar-refractivity contribution < 1.29 is 5.11 Å². The minimum Gasteiger partial charge on any atom is -0.380 e. The van der Waals surface area contributed by atoms with E-state index in [1.54, 1.807) is 0 Å². The number of hydrogen-bond donors (Lipinski definition) is 1. The summed E-state index contributed by atoms with van der Waals surface area (Å²) in [5.74, 6) is 0.234. The molecule has 1 fully saturated rings. The molecule has 0 spiro atoms. The van der Waals surface area contributed by atoms with Gasteiger partial charge in [-0.1, -0.05) is 60.7 Å². The highest BCUT2D eigenvalue weighted by molar-refractivity contribution is 5.37. The Morgan fingerprint density at radius 1 is 0.950 bits per heavy atom. The van der Waals surface area contributed by atoms with Crippen LogP contribution in [-0.4, -0.2) is 30.1 Å². The van der Waals surface area contributed by atoms with E-state index in [9.17, 15) is 5.11 Å². The predicted octanol–water partition coefficient (Wildman–Crippen LogP) is 2.87. The largest absolute Gasteiger partial charge is 0.380 e. The molecule has 3 rings (SSSR count). The fraction of sp³-hybridized carbons (Fsp3) is 0.333. The summed E-state index contributed by atoms with van der Waals surface area (Å²) in [6.45, 7) is 1.98. The molecule has 0 aliphatic carbocycles. The number of likely N-dealkylation sites (tertiary alicyclic amines) is 1.